The first-order valence-corrected chi connectivity index (χ1v) is 8.54. The molecule has 2 aliphatic rings. The Bertz CT molecular complexity index is 414. The lowest BCUT2D eigenvalue weighted by atomic mass is 10.0. The van der Waals surface area contributed by atoms with Crippen LogP contribution in [0, 0.1) is 0 Å². The number of likely N-dealkylation sites (tertiary alicyclic amines) is 2. The Kier molecular flexibility index (Phi) is 5.28. The van der Waals surface area contributed by atoms with Crippen molar-refractivity contribution in [3.05, 3.63) is 35.9 Å². The molecule has 0 spiro atoms. The summed E-state index contributed by atoms with van der Waals surface area (Å²) in [5.41, 5.74) is 1.47. The molecule has 3 rings (SSSR count). The third kappa shape index (κ3) is 4.06. The number of likely N-dealkylation sites (N-methyl/N-ethyl adjacent to an activating group) is 1. The summed E-state index contributed by atoms with van der Waals surface area (Å²) in [6, 6.07) is 12.3. The maximum atomic E-state index is 3.84. The maximum Gasteiger partial charge on any atom is 0.0472 e. The molecular formula is C18H29N3. The van der Waals surface area contributed by atoms with E-state index in [1.165, 1.54) is 57.4 Å². The van der Waals surface area contributed by atoms with Gasteiger partial charge in [-0.05, 0) is 57.9 Å². The van der Waals surface area contributed by atoms with E-state index in [2.05, 4.69) is 52.5 Å². The molecule has 116 valence electrons. The first kappa shape index (κ1) is 15.0. The number of nitrogens with one attached hydrogen (secondary N) is 1. The monoisotopic (exact) mass is 287 g/mol. The molecule has 1 aromatic carbocycles. The van der Waals surface area contributed by atoms with E-state index < -0.39 is 0 Å². The zero-order valence-electron chi connectivity index (χ0n) is 13.3. The molecule has 1 aromatic rings. The first-order chi connectivity index (χ1) is 10.3. The van der Waals surface area contributed by atoms with Crippen LogP contribution in [0.4, 0.5) is 0 Å². The molecule has 2 heterocycles. The minimum Gasteiger partial charge on any atom is -0.311 e. The second-order valence-corrected chi connectivity index (χ2v) is 6.68. The van der Waals surface area contributed by atoms with Crippen molar-refractivity contribution in [2.24, 2.45) is 0 Å². The minimum absolute atomic E-state index is 0.543. The fourth-order valence-corrected chi connectivity index (χ4v) is 3.80. The molecule has 2 saturated heterocycles. The van der Waals surface area contributed by atoms with Crippen molar-refractivity contribution in [2.45, 2.75) is 37.8 Å². The SMILES string of the molecule is CN1CCCC(NCC(c2ccccc2)N2CCCC2)C1. The van der Waals surface area contributed by atoms with Gasteiger partial charge in [0.15, 0.2) is 0 Å². The summed E-state index contributed by atoms with van der Waals surface area (Å²) in [4.78, 5) is 5.11. The Morgan fingerprint density at radius 1 is 1.10 bits per heavy atom. The van der Waals surface area contributed by atoms with Crippen LogP contribution < -0.4 is 5.32 Å². The Morgan fingerprint density at radius 2 is 1.86 bits per heavy atom. The Labute approximate surface area is 129 Å². The predicted octanol–water partition coefficient (Wildman–Crippen LogP) is 2.51. The third-order valence-corrected chi connectivity index (χ3v) is 4.99. The van der Waals surface area contributed by atoms with Crippen LogP contribution >= 0.6 is 0 Å². The van der Waals surface area contributed by atoms with Crippen molar-refractivity contribution >= 4 is 0 Å². The maximum absolute atomic E-state index is 3.84. The van der Waals surface area contributed by atoms with E-state index in [4.69, 9.17) is 0 Å². The quantitative estimate of drug-likeness (QED) is 0.898. The van der Waals surface area contributed by atoms with Crippen molar-refractivity contribution in [2.75, 3.05) is 39.8 Å². The van der Waals surface area contributed by atoms with Crippen LogP contribution in [-0.2, 0) is 0 Å². The number of benzene rings is 1. The molecule has 0 radical (unpaired) electrons. The topological polar surface area (TPSA) is 18.5 Å². The second kappa shape index (κ2) is 7.39. The van der Waals surface area contributed by atoms with E-state index in [-0.39, 0.29) is 0 Å². The molecule has 2 unspecified atom stereocenters. The van der Waals surface area contributed by atoms with E-state index in [0.717, 1.165) is 6.54 Å². The van der Waals surface area contributed by atoms with Gasteiger partial charge in [0, 0.05) is 25.2 Å². The van der Waals surface area contributed by atoms with Gasteiger partial charge in [-0.2, -0.15) is 0 Å². The van der Waals surface area contributed by atoms with E-state index in [9.17, 15) is 0 Å². The third-order valence-electron chi connectivity index (χ3n) is 4.99. The molecule has 0 aromatic heterocycles. The van der Waals surface area contributed by atoms with Crippen molar-refractivity contribution in [3.8, 4) is 0 Å². The minimum atomic E-state index is 0.543. The van der Waals surface area contributed by atoms with Gasteiger partial charge in [-0.25, -0.2) is 0 Å². The van der Waals surface area contributed by atoms with Gasteiger partial charge in [0.1, 0.15) is 0 Å². The van der Waals surface area contributed by atoms with Crippen LogP contribution in [0.15, 0.2) is 30.3 Å². The lowest BCUT2D eigenvalue weighted by molar-refractivity contribution is 0.196. The van der Waals surface area contributed by atoms with Gasteiger partial charge in [0.05, 0.1) is 0 Å². The Morgan fingerprint density at radius 3 is 2.57 bits per heavy atom. The van der Waals surface area contributed by atoms with Gasteiger partial charge in [-0.1, -0.05) is 30.3 Å². The Balaban J connectivity index is 1.62. The molecule has 1 N–H and O–H groups in total. The zero-order valence-corrected chi connectivity index (χ0v) is 13.3. The molecule has 3 nitrogen and oxygen atoms in total. The van der Waals surface area contributed by atoms with Crippen LogP contribution in [0.5, 0.6) is 0 Å². The molecule has 0 bridgehead atoms. The van der Waals surface area contributed by atoms with E-state index in [1.807, 2.05) is 0 Å². The van der Waals surface area contributed by atoms with Gasteiger partial charge in [0.25, 0.3) is 0 Å². The number of rotatable bonds is 5. The zero-order chi connectivity index (χ0) is 14.5. The van der Waals surface area contributed by atoms with Crippen LogP contribution in [0.25, 0.3) is 0 Å². The summed E-state index contributed by atoms with van der Waals surface area (Å²) >= 11 is 0. The molecule has 2 atom stereocenters. The fraction of sp³-hybridized carbons (Fsp3) is 0.667. The highest BCUT2D eigenvalue weighted by atomic mass is 15.2. The highest BCUT2D eigenvalue weighted by Crippen LogP contribution is 2.24. The lowest BCUT2D eigenvalue weighted by Gasteiger charge is -2.34. The molecule has 3 heteroatoms. The van der Waals surface area contributed by atoms with Gasteiger partial charge in [0.2, 0.25) is 0 Å². The van der Waals surface area contributed by atoms with E-state index in [1.54, 1.807) is 0 Å². The number of hydrogen-bond acceptors (Lipinski definition) is 3. The highest BCUT2D eigenvalue weighted by molar-refractivity contribution is 5.19. The first-order valence-electron chi connectivity index (χ1n) is 8.54. The van der Waals surface area contributed by atoms with Crippen LogP contribution in [0.3, 0.4) is 0 Å². The molecule has 21 heavy (non-hydrogen) atoms. The lowest BCUT2D eigenvalue weighted by Crippen LogP contribution is -2.46. The molecule has 0 saturated carbocycles. The molecule has 0 aliphatic carbocycles. The number of nitrogens with zero attached hydrogens (tertiary/aromatic N) is 2. The van der Waals surface area contributed by atoms with Crippen molar-refractivity contribution in [1.29, 1.82) is 0 Å². The van der Waals surface area contributed by atoms with Crippen LogP contribution in [0.1, 0.15) is 37.3 Å². The summed E-state index contributed by atoms with van der Waals surface area (Å²) in [6.45, 7) is 6.05. The molecule has 2 aliphatic heterocycles. The second-order valence-electron chi connectivity index (χ2n) is 6.68. The van der Waals surface area contributed by atoms with Crippen molar-refractivity contribution in [3.63, 3.8) is 0 Å². The largest absolute Gasteiger partial charge is 0.311 e. The summed E-state index contributed by atoms with van der Waals surface area (Å²) in [7, 11) is 2.24. The van der Waals surface area contributed by atoms with Crippen molar-refractivity contribution < 1.29 is 0 Å². The van der Waals surface area contributed by atoms with Crippen LogP contribution in [0.2, 0.25) is 0 Å². The fourth-order valence-electron chi connectivity index (χ4n) is 3.80. The predicted molar refractivity (Wildman–Crippen MR) is 88.5 cm³/mol. The van der Waals surface area contributed by atoms with Crippen LogP contribution in [-0.4, -0.2) is 55.6 Å². The summed E-state index contributed by atoms with van der Waals surface area (Å²) in [5, 5.41) is 3.84. The van der Waals surface area contributed by atoms with E-state index >= 15 is 0 Å². The molecule has 2 fully saturated rings. The molecular weight excluding hydrogens is 258 g/mol. The average molecular weight is 287 g/mol. The van der Waals surface area contributed by atoms with E-state index in [0.29, 0.717) is 12.1 Å². The normalized spacial score (nSPS) is 26.0. The Hall–Kier alpha value is -0.900. The van der Waals surface area contributed by atoms with Gasteiger partial charge >= 0.3 is 0 Å². The van der Waals surface area contributed by atoms with Crippen molar-refractivity contribution in [1.82, 2.24) is 15.1 Å². The number of hydrogen-bond donors (Lipinski definition) is 1. The summed E-state index contributed by atoms with van der Waals surface area (Å²) in [6.07, 6.45) is 5.37. The highest BCUT2D eigenvalue weighted by Gasteiger charge is 2.25. The van der Waals surface area contributed by atoms with Gasteiger partial charge in [-0.3, -0.25) is 4.90 Å². The molecule has 0 amide bonds. The standard InChI is InChI=1S/C18H29N3/c1-20-11-7-10-17(15-20)19-14-18(21-12-5-6-13-21)16-8-3-2-4-9-16/h2-4,8-9,17-19H,5-7,10-15H2,1H3. The summed E-state index contributed by atoms with van der Waals surface area (Å²) in [5.74, 6) is 0. The average Bonchev–Trinajstić information content (AvgIpc) is 3.03. The number of piperidine rings is 1. The van der Waals surface area contributed by atoms with Gasteiger partial charge in [-0.15, -0.1) is 0 Å². The smallest absolute Gasteiger partial charge is 0.0472 e. The van der Waals surface area contributed by atoms with Gasteiger partial charge < -0.3 is 10.2 Å². The summed E-state index contributed by atoms with van der Waals surface area (Å²) < 4.78 is 0.